The van der Waals surface area contributed by atoms with E-state index in [-0.39, 0.29) is 30.0 Å². The molecule has 0 radical (unpaired) electrons. The van der Waals surface area contributed by atoms with Gasteiger partial charge in [-0.25, -0.2) is 15.2 Å². The average molecular weight is 535 g/mol. The van der Waals surface area contributed by atoms with Crippen molar-refractivity contribution in [2.45, 2.75) is 18.9 Å². The van der Waals surface area contributed by atoms with Gasteiger partial charge in [0, 0.05) is 29.4 Å². The van der Waals surface area contributed by atoms with Crippen molar-refractivity contribution in [1.82, 2.24) is 25.2 Å². The molecule has 2 heterocycles. The van der Waals surface area contributed by atoms with Gasteiger partial charge in [-0.15, -0.1) is 4.40 Å². The second kappa shape index (κ2) is 11.6. The van der Waals surface area contributed by atoms with Gasteiger partial charge in [0.05, 0.1) is 26.1 Å². The minimum absolute atomic E-state index is 0.0168. The summed E-state index contributed by atoms with van der Waals surface area (Å²) >= 11 is 6.14. The Kier molecular flexibility index (Phi) is 8.55. The summed E-state index contributed by atoms with van der Waals surface area (Å²) in [6, 6.07) is 8.49. The Bertz CT molecular complexity index is 1420. The molecule has 0 saturated carbocycles. The third-order valence-corrected chi connectivity index (χ3v) is 6.12. The van der Waals surface area contributed by atoms with Gasteiger partial charge in [0.15, 0.2) is 5.03 Å². The van der Waals surface area contributed by atoms with E-state index in [0.717, 1.165) is 10.9 Å². The van der Waals surface area contributed by atoms with Crippen molar-refractivity contribution in [2.75, 3.05) is 19.0 Å². The molecule has 0 bridgehead atoms. The number of rotatable bonds is 8. The first-order valence-electron chi connectivity index (χ1n) is 10.4. The molecule has 13 nitrogen and oxygen atoms in total. The van der Waals surface area contributed by atoms with E-state index >= 15 is 0 Å². The maximum absolute atomic E-state index is 13.2. The SMILES string of the molecule is CCOC(=O)c1cnn(C)c1S(=O)(=O)N=C(NN=Cc1ccccc1Cl)Nc1nc(C)cc(OC)n1. The smallest absolute Gasteiger partial charge is 0.342 e. The number of halogens is 1. The summed E-state index contributed by atoms with van der Waals surface area (Å²) in [5.74, 6) is -1.01. The van der Waals surface area contributed by atoms with Crippen LogP contribution < -0.4 is 15.5 Å². The van der Waals surface area contributed by atoms with Crippen LogP contribution in [0.3, 0.4) is 0 Å². The Labute approximate surface area is 212 Å². The molecule has 0 aliphatic heterocycles. The van der Waals surface area contributed by atoms with Crippen LogP contribution in [0.15, 0.2) is 51.1 Å². The predicted octanol–water partition coefficient (Wildman–Crippen LogP) is 2.14. The van der Waals surface area contributed by atoms with Gasteiger partial charge in [0.25, 0.3) is 0 Å². The normalized spacial score (nSPS) is 12.0. The van der Waals surface area contributed by atoms with Gasteiger partial charge in [-0.1, -0.05) is 29.8 Å². The standard InChI is InChI=1S/C21H23ClN8O5S/c1-5-35-19(31)15-12-24-30(3)18(15)36(32,33)29-21(27-20-25-13(2)10-17(26-20)34-4)28-23-11-14-8-6-7-9-16(14)22/h6-12H,5H2,1-4H3,(H2,25,26,27,28,29). The number of anilines is 1. The molecule has 3 rings (SSSR count). The van der Waals surface area contributed by atoms with E-state index in [2.05, 4.69) is 35.3 Å². The fourth-order valence-electron chi connectivity index (χ4n) is 2.86. The highest BCUT2D eigenvalue weighted by molar-refractivity contribution is 7.90. The predicted molar refractivity (Wildman–Crippen MR) is 133 cm³/mol. The lowest BCUT2D eigenvalue weighted by Gasteiger charge is -2.10. The third-order valence-electron chi connectivity index (χ3n) is 4.38. The summed E-state index contributed by atoms with van der Waals surface area (Å²) < 4.78 is 41.3. The number of aromatic nitrogens is 4. The summed E-state index contributed by atoms with van der Waals surface area (Å²) in [5.41, 5.74) is 3.36. The topological polar surface area (TPSA) is 162 Å². The van der Waals surface area contributed by atoms with E-state index < -0.39 is 21.0 Å². The van der Waals surface area contributed by atoms with Crippen LogP contribution in [0.25, 0.3) is 0 Å². The molecule has 3 aromatic rings. The van der Waals surface area contributed by atoms with Gasteiger partial charge < -0.3 is 9.47 Å². The molecule has 0 aliphatic rings. The summed E-state index contributed by atoms with van der Waals surface area (Å²) in [6.45, 7) is 3.35. The number of hydrogen-bond acceptors (Lipinski definition) is 9. The summed E-state index contributed by atoms with van der Waals surface area (Å²) in [6.07, 6.45) is 2.46. The van der Waals surface area contributed by atoms with Crippen molar-refractivity contribution in [2.24, 2.45) is 16.5 Å². The quantitative estimate of drug-likeness (QED) is 0.189. The minimum atomic E-state index is -4.51. The van der Waals surface area contributed by atoms with Crippen molar-refractivity contribution in [3.8, 4) is 5.88 Å². The molecule has 0 atom stereocenters. The van der Waals surface area contributed by atoms with Crippen LogP contribution in [0.4, 0.5) is 5.95 Å². The van der Waals surface area contributed by atoms with E-state index in [1.54, 1.807) is 44.2 Å². The first kappa shape index (κ1) is 26.6. The second-order valence-corrected chi connectivity index (χ2v) is 8.94. The van der Waals surface area contributed by atoms with Crippen LogP contribution in [0.5, 0.6) is 5.88 Å². The molecule has 0 spiro atoms. The molecule has 2 N–H and O–H groups in total. The summed E-state index contributed by atoms with van der Waals surface area (Å²) in [5, 5.41) is 10.5. The molecule has 0 saturated heterocycles. The van der Waals surface area contributed by atoms with Crippen molar-refractivity contribution in [3.63, 3.8) is 0 Å². The number of nitrogens with one attached hydrogen (secondary N) is 2. The van der Waals surface area contributed by atoms with Crippen LogP contribution in [-0.2, 0) is 21.8 Å². The van der Waals surface area contributed by atoms with Crippen molar-refractivity contribution in [1.29, 1.82) is 0 Å². The first-order chi connectivity index (χ1) is 17.1. The number of carbonyl (C=O) groups is 1. The van der Waals surface area contributed by atoms with Gasteiger partial charge in [-0.3, -0.25) is 10.00 Å². The number of ether oxygens (including phenoxy) is 2. The number of sulfonamides is 1. The lowest BCUT2D eigenvalue weighted by atomic mass is 10.2. The Hall–Kier alpha value is -4.04. The Balaban J connectivity index is 2.03. The highest BCUT2D eigenvalue weighted by Crippen LogP contribution is 2.19. The molecule has 0 aliphatic carbocycles. The molecule has 0 unspecified atom stereocenters. The Morgan fingerprint density at radius 2 is 2.03 bits per heavy atom. The maximum Gasteiger partial charge on any atom is 0.342 e. The first-order valence-corrected chi connectivity index (χ1v) is 12.2. The number of methoxy groups -OCH3 is 1. The molecule has 15 heteroatoms. The van der Waals surface area contributed by atoms with Crippen LogP contribution in [0.2, 0.25) is 5.02 Å². The zero-order valence-corrected chi connectivity index (χ0v) is 21.3. The number of nitrogens with zero attached hydrogens (tertiary/aromatic N) is 6. The number of carbonyl (C=O) groups excluding carboxylic acids is 1. The summed E-state index contributed by atoms with van der Waals surface area (Å²) in [4.78, 5) is 20.6. The molecule has 36 heavy (non-hydrogen) atoms. The molecule has 0 amide bonds. The minimum Gasteiger partial charge on any atom is -0.481 e. The second-order valence-electron chi connectivity index (χ2n) is 7.01. The summed E-state index contributed by atoms with van der Waals surface area (Å²) in [7, 11) is -1.73. The largest absolute Gasteiger partial charge is 0.481 e. The monoisotopic (exact) mass is 534 g/mol. The number of guanidine groups is 1. The van der Waals surface area contributed by atoms with E-state index in [0.29, 0.717) is 16.3 Å². The molecule has 1 aromatic carbocycles. The highest BCUT2D eigenvalue weighted by atomic mass is 35.5. The van der Waals surface area contributed by atoms with Crippen LogP contribution in [-0.4, -0.2) is 60.0 Å². The van der Waals surface area contributed by atoms with Gasteiger partial charge >= 0.3 is 16.0 Å². The fourth-order valence-corrected chi connectivity index (χ4v) is 4.26. The number of esters is 1. The third kappa shape index (κ3) is 6.55. The van der Waals surface area contributed by atoms with Crippen LogP contribution >= 0.6 is 11.6 Å². The number of hydrogen-bond donors (Lipinski definition) is 2. The van der Waals surface area contributed by atoms with Gasteiger partial charge in [0.2, 0.25) is 17.8 Å². The highest BCUT2D eigenvalue weighted by Gasteiger charge is 2.29. The molecular weight excluding hydrogens is 512 g/mol. The number of aryl methyl sites for hydroxylation is 2. The van der Waals surface area contributed by atoms with Gasteiger partial charge in [0.1, 0.15) is 5.56 Å². The maximum atomic E-state index is 13.2. The van der Waals surface area contributed by atoms with E-state index in [1.165, 1.54) is 20.4 Å². The van der Waals surface area contributed by atoms with E-state index in [9.17, 15) is 13.2 Å². The molecule has 190 valence electrons. The zero-order valence-electron chi connectivity index (χ0n) is 19.8. The Morgan fingerprint density at radius 1 is 1.28 bits per heavy atom. The molecule has 2 aromatic heterocycles. The number of benzene rings is 1. The Morgan fingerprint density at radius 3 is 2.72 bits per heavy atom. The molecular formula is C21H23ClN8O5S. The van der Waals surface area contributed by atoms with Crippen molar-refractivity contribution >= 4 is 45.7 Å². The van der Waals surface area contributed by atoms with Crippen LogP contribution in [0.1, 0.15) is 28.5 Å². The lowest BCUT2D eigenvalue weighted by molar-refractivity contribution is 0.0521. The van der Waals surface area contributed by atoms with E-state index in [1.807, 2.05) is 0 Å². The van der Waals surface area contributed by atoms with Gasteiger partial charge in [-0.2, -0.15) is 23.6 Å². The lowest BCUT2D eigenvalue weighted by Crippen LogP contribution is -2.29. The average Bonchev–Trinajstić information content (AvgIpc) is 3.22. The molecule has 0 fully saturated rings. The number of hydrazone groups is 1. The fraction of sp³-hybridized carbons (Fsp3) is 0.238. The van der Waals surface area contributed by atoms with Crippen LogP contribution in [0, 0.1) is 6.92 Å². The van der Waals surface area contributed by atoms with E-state index in [4.69, 9.17) is 21.1 Å². The van der Waals surface area contributed by atoms with Crippen molar-refractivity contribution in [3.05, 3.63) is 58.4 Å². The zero-order chi connectivity index (χ0) is 26.3. The van der Waals surface area contributed by atoms with Gasteiger partial charge in [-0.05, 0) is 19.9 Å². The van der Waals surface area contributed by atoms with Crippen molar-refractivity contribution < 1.29 is 22.7 Å².